The van der Waals surface area contributed by atoms with Crippen LogP contribution in [-0.4, -0.2) is 95.6 Å². The second kappa shape index (κ2) is 14.7. The molecule has 2 aromatic heterocycles. The fourth-order valence-electron chi connectivity index (χ4n) is 8.27. The highest BCUT2D eigenvalue weighted by Crippen LogP contribution is 2.42. The number of halogens is 5. The minimum atomic E-state index is -4.62. The van der Waals surface area contributed by atoms with Crippen molar-refractivity contribution in [3.63, 3.8) is 0 Å². The monoisotopic (exact) mass is 767 g/mol. The third-order valence-electron chi connectivity index (χ3n) is 11.2. The number of nitrogens with one attached hydrogen (secondary N) is 1. The number of anilines is 3. The van der Waals surface area contributed by atoms with Gasteiger partial charge in [-0.15, -0.1) is 6.42 Å². The highest BCUT2D eigenvalue weighted by atomic mass is 19.4. The normalized spacial score (nSPS) is 22.8. The zero-order chi connectivity index (χ0) is 39.1. The van der Waals surface area contributed by atoms with Crippen LogP contribution in [0.25, 0.3) is 0 Å². The van der Waals surface area contributed by atoms with Gasteiger partial charge in [0, 0.05) is 26.4 Å². The Hall–Kier alpha value is -5.33. The van der Waals surface area contributed by atoms with E-state index in [1.807, 2.05) is 4.90 Å². The molecule has 1 saturated heterocycles. The number of carbonyl (C=O) groups excluding carboxylic acids is 1. The maximum Gasteiger partial charge on any atom is 0.433 e. The van der Waals surface area contributed by atoms with Gasteiger partial charge in [-0.05, 0) is 50.1 Å². The summed E-state index contributed by atoms with van der Waals surface area (Å²) in [5.74, 6) is 2.91. The number of benzene rings is 1. The Morgan fingerprint density at radius 1 is 1.22 bits per heavy atom. The molecule has 292 valence electrons. The van der Waals surface area contributed by atoms with Gasteiger partial charge in [-0.25, -0.2) is 13.8 Å². The molecule has 1 aromatic carbocycles. The van der Waals surface area contributed by atoms with Crippen LogP contribution in [0.4, 0.5) is 39.1 Å². The quantitative estimate of drug-likeness (QED) is 0.151. The number of nitrogens with zero attached hydrogens (tertiary/aromatic N) is 6. The molecule has 2 fully saturated rings. The number of pyridine rings is 1. The van der Waals surface area contributed by atoms with E-state index >= 15 is 4.39 Å². The zero-order valence-corrected chi connectivity index (χ0v) is 30.6. The molecular weight excluding hydrogens is 725 g/mol. The molecule has 4 aliphatic rings. The molecule has 0 spiro atoms. The fourth-order valence-corrected chi connectivity index (χ4v) is 8.27. The van der Waals surface area contributed by atoms with Crippen LogP contribution in [0, 0.1) is 18.2 Å². The first-order chi connectivity index (χ1) is 26.2. The topological polar surface area (TPSA) is 105 Å². The van der Waals surface area contributed by atoms with Crippen molar-refractivity contribution < 1.29 is 41.0 Å². The molecule has 1 N–H and O–H groups in total. The summed E-state index contributed by atoms with van der Waals surface area (Å²) in [4.78, 5) is 31.1. The van der Waals surface area contributed by atoms with E-state index in [4.69, 9.17) is 30.6 Å². The number of alkyl halides is 4. The van der Waals surface area contributed by atoms with Crippen LogP contribution >= 0.6 is 0 Å². The van der Waals surface area contributed by atoms with Gasteiger partial charge in [0.25, 0.3) is 0 Å². The Labute approximate surface area is 315 Å². The van der Waals surface area contributed by atoms with Crippen LogP contribution in [0.3, 0.4) is 0 Å². The van der Waals surface area contributed by atoms with E-state index in [-0.39, 0.29) is 49.7 Å². The maximum absolute atomic E-state index is 15.0. The molecule has 0 bridgehead atoms. The summed E-state index contributed by atoms with van der Waals surface area (Å²) in [5.41, 5.74) is -1.21. The van der Waals surface area contributed by atoms with E-state index < -0.39 is 34.9 Å². The second-order valence-electron chi connectivity index (χ2n) is 14.7. The van der Waals surface area contributed by atoms with Crippen LogP contribution in [0.1, 0.15) is 56.0 Å². The first-order valence-electron chi connectivity index (χ1n) is 18.2. The molecule has 3 atom stereocenters. The summed E-state index contributed by atoms with van der Waals surface area (Å²) < 4.78 is 88.1. The van der Waals surface area contributed by atoms with Crippen molar-refractivity contribution in [1.29, 1.82) is 0 Å². The Kier molecular flexibility index (Phi) is 10.2. The number of terminal acetylenes is 1. The van der Waals surface area contributed by atoms with Crippen molar-refractivity contribution in [3.8, 4) is 29.9 Å². The molecule has 16 heteroatoms. The van der Waals surface area contributed by atoms with Crippen LogP contribution in [-0.2, 0) is 17.4 Å². The van der Waals surface area contributed by atoms with Crippen molar-refractivity contribution in [2.24, 2.45) is 0 Å². The fraction of sp³-hybridized carbons (Fsp3) is 0.487. The van der Waals surface area contributed by atoms with Gasteiger partial charge in [0.15, 0.2) is 11.6 Å². The number of hydrogen-bond acceptors (Lipinski definition) is 10. The van der Waals surface area contributed by atoms with E-state index in [0.29, 0.717) is 60.5 Å². The van der Waals surface area contributed by atoms with Crippen LogP contribution in [0.5, 0.6) is 17.5 Å². The lowest BCUT2D eigenvalue weighted by Crippen LogP contribution is -2.52. The molecule has 7 rings (SSSR count). The van der Waals surface area contributed by atoms with Crippen LogP contribution < -0.4 is 29.3 Å². The number of rotatable bonds is 10. The minimum absolute atomic E-state index is 0.0337. The highest BCUT2D eigenvalue weighted by molar-refractivity contribution is 5.87. The summed E-state index contributed by atoms with van der Waals surface area (Å²) >= 11 is 0. The van der Waals surface area contributed by atoms with E-state index in [1.165, 1.54) is 18.2 Å². The standard InChI is InChI=1S/C39H42F5N7O4/c1-5-27-28(41)10-11-30-33(27)50(15-16-53-30)26-17-29-34(54-21-26)35(46-22-38(13-7-8-14-38)49(4)32(52)6-2)48-36(47-29)55-23-37(3)18-24(40)20-51(37)25-9-12-31(45-19-25)39(42,43)44/h1,6,9-12,19,24,26H,2,7-8,13-18,20-23H2,3-4H3,(H,46,47,48)/t24-,26+,37+/m1/s1. The SMILES string of the molecule is C#Cc1c(F)ccc2c1N([C@@H]1COc3c(nc(OC[C@]4(C)C[C@@H](F)CN4c4ccc(C(F)(F)F)nc4)nc3NCC3(N(C)C(=O)C=C)CCCC3)C1)CCO2. The van der Waals surface area contributed by atoms with Crippen molar-refractivity contribution in [2.45, 2.75) is 74.9 Å². The first-order valence-corrected chi connectivity index (χ1v) is 18.2. The number of carbonyl (C=O) groups is 1. The number of amides is 1. The largest absolute Gasteiger partial charge is 0.490 e. The molecule has 1 aliphatic carbocycles. The van der Waals surface area contributed by atoms with Gasteiger partial charge in [0.2, 0.25) is 5.91 Å². The molecule has 55 heavy (non-hydrogen) atoms. The first kappa shape index (κ1) is 38.0. The van der Waals surface area contributed by atoms with Gasteiger partial charge in [-0.3, -0.25) is 4.79 Å². The predicted molar refractivity (Wildman–Crippen MR) is 195 cm³/mol. The summed E-state index contributed by atoms with van der Waals surface area (Å²) in [5, 5.41) is 3.42. The smallest absolute Gasteiger partial charge is 0.433 e. The third kappa shape index (κ3) is 7.28. The number of likely N-dealkylation sites (N-methyl/N-ethyl adjacent to an activating group) is 1. The maximum atomic E-state index is 15.0. The van der Waals surface area contributed by atoms with E-state index in [9.17, 15) is 22.4 Å². The lowest BCUT2D eigenvalue weighted by Gasteiger charge is -2.41. The average Bonchev–Trinajstić information content (AvgIpc) is 3.79. The summed E-state index contributed by atoms with van der Waals surface area (Å²) in [6, 6.07) is 4.60. The highest BCUT2D eigenvalue weighted by Gasteiger charge is 2.45. The van der Waals surface area contributed by atoms with Crippen molar-refractivity contribution in [3.05, 3.63) is 65.9 Å². The van der Waals surface area contributed by atoms with Crippen LogP contribution in [0.15, 0.2) is 43.1 Å². The molecule has 0 unspecified atom stereocenters. The summed E-state index contributed by atoms with van der Waals surface area (Å²) in [7, 11) is 1.76. The number of hydrogen-bond donors (Lipinski definition) is 1. The number of ether oxygens (including phenoxy) is 3. The van der Waals surface area contributed by atoms with Gasteiger partial charge in [0.05, 0.1) is 59.0 Å². The molecule has 1 amide bonds. The Bertz CT molecular complexity index is 1980. The van der Waals surface area contributed by atoms with Gasteiger partial charge < -0.3 is 34.2 Å². The second-order valence-corrected chi connectivity index (χ2v) is 14.7. The van der Waals surface area contributed by atoms with Crippen molar-refractivity contribution in [2.75, 3.05) is 61.6 Å². The van der Waals surface area contributed by atoms with Crippen LogP contribution in [0.2, 0.25) is 0 Å². The Balaban J connectivity index is 1.19. The van der Waals surface area contributed by atoms with E-state index in [1.54, 1.807) is 29.8 Å². The molecule has 11 nitrogen and oxygen atoms in total. The van der Waals surface area contributed by atoms with E-state index in [0.717, 1.165) is 37.9 Å². The average molecular weight is 768 g/mol. The lowest BCUT2D eigenvalue weighted by molar-refractivity contribution is -0.141. The molecule has 1 saturated carbocycles. The van der Waals surface area contributed by atoms with Gasteiger partial charge >= 0.3 is 12.2 Å². The molecular formula is C39H42F5N7O4. The zero-order valence-electron chi connectivity index (χ0n) is 30.6. The summed E-state index contributed by atoms with van der Waals surface area (Å²) in [6.07, 6.45) is 5.99. The van der Waals surface area contributed by atoms with Crippen molar-refractivity contribution >= 4 is 23.1 Å². The van der Waals surface area contributed by atoms with Gasteiger partial charge in [-0.1, -0.05) is 25.3 Å². The summed E-state index contributed by atoms with van der Waals surface area (Å²) in [6.45, 7) is 6.53. The molecule has 0 radical (unpaired) electrons. The minimum Gasteiger partial charge on any atom is -0.490 e. The van der Waals surface area contributed by atoms with E-state index in [2.05, 4.69) is 22.8 Å². The third-order valence-corrected chi connectivity index (χ3v) is 11.2. The predicted octanol–water partition coefficient (Wildman–Crippen LogP) is 5.97. The number of fused-ring (bicyclic) bond motifs is 2. The Morgan fingerprint density at radius 3 is 2.69 bits per heavy atom. The lowest BCUT2D eigenvalue weighted by atomic mass is 9.95. The number of aromatic nitrogens is 3. The van der Waals surface area contributed by atoms with Crippen molar-refractivity contribution in [1.82, 2.24) is 19.9 Å². The molecule has 5 heterocycles. The molecule has 3 aromatic rings. The van der Waals surface area contributed by atoms with Gasteiger partial charge in [-0.2, -0.15) is 23.1 Å². The van der Waals surface area contributed by atoms with Gasteiger partial charge in [0.1, 0.15) is 43.3 Å². The molecule has 3 aliphatic heterocycles. The Morgan fingerprint density at radius 2 is 2.00 bits per heavy atom.